The molecule has 1 amide bonds. The Morgan fingerprint density at radius 2 is 1.68 bits per heavy atom. The predicted octanol–water partition coefficient (Wildman–Crippen LogP) is 4.26. The second-order valence-corrected chi connectivity index (χ2v) is 8.56. The molecule has 0 spiro atoms. The number of rotatable bonds is 9. The first-order chi connectivity index (χ1) is 17.9. The Labute approximate surface area is 214 Å². The number of carbonyl (C=O) groups excluding carboxylic acids is 4. The Morgan fingerprint density at radius 1 is 0.919 bits per heavy atom. The van der Waals surface area contributed by atoms with E-state index in [9.17, 15) is 19.2 Å². The number of ketones is 1. The van der Waals surface area contributed by atoms with E-state index in [2.05, 4.69) is 0 Å². The Hall–Kier alpha value is -4.46. The van der Waals surface area contributed by atoms with E-state index in [1.165, 1.54) is 31.4 Å². The summed E-state index contributed by atoms with van der Waals surface area (Å²) in [5.41, 5.74) is 2.45. The van der Waals surface area contributed by atoms with E-state index >= 15 is 0 Å². The monoisotopic (exact) mass is 501 g/mol. The molecular formula is C29H27NO7. The van der Waals surface area contributed by atoms with Crippen LogP contribution in [0.5, 0.6) is 11.5 Å². The fraction of sp³-hybridized carbons (Fsp3) is 0.241. The first-order valence-corrected chi connectivity index (χ1v) is 11.9. The first-order valence-electron chi connectivity index (χ1n) is 11.9. The minimum absolute atomic E-state index is 0.0401. The minimum atomic E-state index is -0.636. The predicted molar refractivity (Wildman–Crippen MR) is 136 cm³/mol. The lowest BCUT2D eigenvalue weighted by Crippen LogP contribution is -2.28. The van der Waals surface area contributed by atoms with E-state index in [0.29, 0.717) is 16.9 Å². The summed E-state index contributed by atoms with van der Waals surface area (Å²) in [5.74, 6) is -1.53. The molecule has 1 fully saturated rings. The van der Waals surface area contributed by atoms with Crippen molar-refractivity contribution in [2.24, 2.45) is 5.92 Å². The number of nitrogens with zero attached hydrogens (tertiary/aromatic N) is 1. The Bertz CT molecular complexity index is 1320. The summed E-state index contributed by atoms with van der Waals surface area (Å²) in [5, 5.41) is 0. The highest BCUT2D eigenvalue weighted by molar-refractivity contribution is 6.01. The zero-order chi connectivity index (χ0) is 26.4. The molecule has 1 unspecified atom stereocenters. The number of benzene rings is 3. The van der Waals surface area contributed by atoms with Gasteiger partial charge in [0.05, 0.1) is 18.6 Å². The maximum Gasteiger partial charge on any atom is 0.343 e. The van der Waals surface area contributed by atoms with Gasteiger partial charge in [-0.2, -0.15) is 0 Å². The molecule has 1 aliphatic heterocycles. The largest absolute Gasteiger partial charge is 0.497 e. The van der Waals surface area contributed by atoms with E-state index in [4.69, 9.17) is 14.2 Å². The first kappa shape index (κ1) is 25.6. The van der Waals surface area contributed by atoms with E-state index in [0.717, 1.165) is 17.7 Å². The number of Topliss-reactive ketones (excluding diaryl/α,β-unsaturated/α-hetero) is 1. The van der Waals surface area contributed by atoms with Gasteiger partial charge in [-0.05, 0) is 60.5 Å². The van der Waals surface area contributed by atoms with Gasteiger partial charge >= 0.3 is 11.9 Å². The van der Waals surface area contributed by atoms with E-state index in [-0.39, 0.29) is 24.6 Å². The summed E-state index contributed by atoms with van der Waals surface area (Å²) >= 11 is 0. The van der Waals surface area contributed by atoms with Crippen LogP contribution in [0.3, 0.4) is 0 Å². The number of hydrogen-bond donors (Lipinski definition) is 0. The van der Waals surface area contributed by atoms with Crippen molar-refractivity contribution in [2.75, 3.05) is 25.2 Å². The van der Waals surface area contributed by atoms with Crippen molar-refractivity contribution in [2.45, 2.75) is 19.8 Å². The van der Waals surface area contributed by atoms with Gasteiger partial charge in [-0.1, -0.05) is 31.2 Å². The smallest absolute Gasteiger partial charge is 0.343 e. The summed E-state index contributed by atoms with van der Waals surface area (Å²) < 4.78 is 15.7. The highest BCUT2D eigenvalue weighted by atomic mass is 16.5. The third-order valence-electron chi connectivity index (χ3n) is 6.16. The van der Waals surface area contributed by atoms with Crippen molar-refractivity contribution < 1.29 is 33.4 Å². The van der Waals surface area contributed by atoms with Crippen LogP contribution >= 0.6 is 0 Å². The summed E-state index contributed by atoms with van der Waals surface area (Å²) in [6.45, 7) is 1.78. The van der Waals surface area contributed by atoms with Gasteiger partial charge in [0.25, 0.3) is 0 Å². The maximum absolute atomic E-state index is 12.6. The molecule has 37 heavy (non-hydrogen) atoms. The van der Waals surface area contributed by atoms with Gasteiger partial charge in [-0.25, -0.2) is 4.79 Å². The van der Waals surface area contributed by atoms with Crippen molar-refractivity contribution >= 4 is 29.3 Å². The second kappa shape index (κ2) is 11.5. The average molecular weight is 502 g/mol. The van der Waals surface area contributed by atoms with Crippen LogP contribution in [0.15, 0.2) is 72.8 Å². The molecule has 1 saturated heterocycles. The zero-order valence-electron chi connectivity index (χ0n) is 20.6. The summed E-state index contributed by atoms with van der Waals surface area (Å²) in [6, 6.07) is 20.1. The Balaban J connectivity index is 1.30. The lowest BCUT2D eigenvalue weighted by Gasteiger charge is -2.19. The average Bonchev–Trinajstić information content (AvgIpc) is 3.33. The van der Waals surface area contributed by atoms with Gasteiger partial charge in [0.2, 0.25) is 5.91 Å². The second-order valence-electron chi connectivity index (χ2n) is 8.56. The van der Waals surface area contributed by atoms with Gasteiger partial charge in [-0.15, -0.1) is 0 Å². The molecule has 1 heterocycles. The number of hydrogen-bond acceptors (Lipinski definition) is 7. The van der Waals surface area contributed by atoms with Crippen LogP contribution in [0.4, 0.5) is 5.69 Å². The quantitative estimate of drug-likeness (QED) is 0.245. The summed E-state index contributed by atoms with van der Waals surface area (Å²) in [7, 11) is 1.51. The molecular weight excluding hydrogens is 474 g/mol. The standard InChI is InChI=1S/C29H27NO7/c1-3-19-7-4-5-10-25(19)30-17-22(16-27(30)32)28(33)36-18-26(31)20-11-13-23(14-12-20)37-29(34)21-8-6-9-24(15-21)35-2/h4-15,22H,3,16-18H2,1-2H3. The molecule has 190 valence electrons. The van der Waals surface area contributed by atoms with Crippen LogP contribution in [-0.4, -0.2) is 43.9 Å². The summed E-state index contributed by atoms with van der Waals surface area (Å²) in [4.78, 5) is 51.7. The van der Waals surface area contributed by atoms with E-state index < -0.39 is 30.2 Å². The molecule has 1 atom stereocenters. The normalized spacial score (nSPS) is 14.8. The zero-order valence-corrected chi connectivity index (χ0v) is 20.6. The molecule has 3 aromatic rings. The third kappa shape index (κ3) is 6.03. The van der Waals surface area contributed by atoms with Crippen LogP contribution in [0.25, 0.3) is 0 Å². The van der Waals surface area contributed by atoms with Crippen LogP contribution in [-0.2, 0) is 20.7 Å². The highest BCUT2D eigenvalue weighted by Gasteiger charge is 2.37. The number of carbonyl (C=O) groups is 4. The maximum atomic E-state index is 12.6. The van der Waals surface area contributed by atoms with E-state index in [1.807, 2.05) is 31.2 Å². The Kier molecular flexibility index (Phi) is 7.98. The van der Waals surface area contributed by atoms with Crippen molar-refractivity contribution in [1.29, 1.82) is 0 Å². The molecule has 3 aromatic carbocycles. The summed E-state index contributed by atoms with van der Waals surface area (Å²) in [6.07, 6.45) is 0.807. The van der Waals surface area contributed by atoms with Gasteiger partial charge in [0.15, 0.2) is 12.4 Å². The van der Waals surface area contributed by atoms with Crippen molar-refractivity contribution in [1.82, 2.24) is 0 Å². The SMILES string of the molecule is CCc1ccccc1N1CC(C(=O)OCC(=O)c2ccc(OC(=O)c3cccc(OC)c3)cc2)CC1=O. The van der Waals surface area contributed by atoms with Crippen molar-refractivity contribution in [3.8, 4) is 11.5 Å². The third-order valence-corrected chi connectivity index (χ3v) is 6.16. The number of methoxy groups -OCH3 is 1. The lowest BCUT2D eigenvalue weighted by atomic mass is 10.1. The molecule has 1 aliphatic rings. The Morgan fingerprint density at radius 3 is 2.41 bits per heavy atom. The van der Waals surface area contributed by atoms with Crippen LogP contribution in [0.1, 0.15) is 39.6 Å². The number of para-hydroxylation sites is 1. The number of esters is 2. The molecule has 0 radical (unpaired) electrons. The van der Waals surface area contributed by atoms with Crippen LogP contribution < -0.4 is 14.4 Å². The molecule has 0 aromatic heterocycles. The molecule has 0 aliphatic carbocycles. The van der Waals surface area contributed by atoms with Crippen molar-refractivity contribution in [3.63, 3.8) is 0 Å². The van der Waals surface area contributed by atoms with E-state index in [1.54, 1.807) is 29.2 Å². The molecule has 4 rings (SSSR count). The minimum Gasteiger partial charge on any atom is -0.497 e. The number of amides is 1. The molecule has 0 N–H and O–H groups in total. The molecule has 8 heteroatoms. The molecule has 0 bridgehead atoms. The number of aryl methyl sites for hydroxylation is 1. The fourth-order valence-electron chi connectivity index (χ4n) is 4.13. The van der Waals surface area contributed by atoms with Gasteiger partial charge in [-0.3, -0.25) is 14.4 Å². The van der Waals surface area contributed by atoms with Crippen LogP contribution in [0.2, 0.25) is 0 Å². The fourth-order valence-corrected chi connectivity index (χ4v) is 4.13. The number of ether oxygens (including phenoxy) is 3. The van der Waals surface area contributed by atoms with Crippen LogP contribution in [0, 0.1) is 5.92 Å². The highest BCUT2D eigenvalue weighted by Crippen LogP contribution is 2.29. The lowest BCUT2D eigenvalue weighted by molar-refractivity contribution is -0.147. The van der Waals surface area contributed by atoms with Gasteiger partial charge in [0, 0.05) is 24.2 Å². The van der Waals surface area contributed by atoms with Crippen molar-refractivity contribution in [3.05, 3.63) is 89.5 Å². The topological polar surface area (TPSA) is 99.2 Å². The van der Waals surface area contributed by atoms with Gasteiger partial charge < -0.3 is 19.1 Å². The van der Waals surface area contributed by atoms with Gasteiger partial charge in [0.1, 0.15) is 11.5 Å². The molecule has 0 saturated carbocycles. The molecule has 8 nitrogen and oxygen atoms in total. The number of anilines is 1.